The Bertz CT molecular complexity index is 385. The van der Waals surface area contributed by atoms with Crippen molar-refractivity contribution in [3.05, 3.63) is 11.6 Å². The first kappa shape index (κ1) is 13.7. The van der Waals surface area contributed by atoms with E-state index in [9.17, 15) is 5.11 Å². The minimum atomic E-state index is 0.182. The van der Waals surface area contributed by atoms with Crippen LogP contribution in [0.25, 0.3) is 0 Å². The molecule has 0 radical (unpaired) electrons. The Balaban J connectivity index is 1.95. The van der Waals surface area contributed by atoms with Crippen LogP contribution < -0.4 is 0 Å². The van der Waals surface area contributed by atoms with Crippen LogP contribution in [-0.4, -0.2) is 11.7 Å². The molecule has 108 valence electrons. The van der Waals surface area contributed by atoms with Gasteiger partial charge in [0.1, 0.15) is 0 Å². The summed E-state index contributed by atoms with van der Waals surface area (Å²) < 4.78 is 0. The molecule has 5 atom stereocenters. The van der Waals surface area contributed by atoms with Crippen molar-refractivity contribution < 1.29 is 5.11 Å². The van der Waals surface area contributed by atoms with Gasteiger partial charge in [-0.05, 0) is 67.1 Å². The van der Waals surface area contributed by atoms with E-state index in [-0.39, 0.29) is 5.41 Å². The first-order chi connectivity index (χ1) is 8.99. The molecular formula is C18H30O. The van der Waals surface area contributed by atoms with E-state index in [1.807, 2.05) is 0 Å². The second-order valence-corrected chi connectivity index (χ2v) is 8.11. The van der Waals surface area contributed by atoms with Gasteiger partial charge < -0.3 is 5.11 Å². The topological polar surface area (TPSA) is 20.2 Å². The molecule has 0 aromatic rings. The summed E-state index contributed by atoms with van der Waals surface area (Å²) in [6, 6.07) is 0. The number of hydrogen-bond donors (Lipinski definition) is 1. The van der Waals surface area contributed by atoms with Gasteiger partial charge in [0.2, 0.25) is 0 Å². The van der Waals surface area contributed by atoms with Gasteiger partial charge in [-0.2, -0.15) is 0 Å². The number of hydrogen-bond acceptors (Lipinski definition) is 1. The molecule has 0 aliphatic heterocycles. The number of aliphatic hydroxyl groups excluding tert-OH is 1. The maximum atomic E-state index is 9.93. The number of fused-ring (bicyclic) bond motifs is 3. The SMILES string of the molecule is CC1C=C2CC[C@H]3[C@](C)(CO)CCC[C@]3(C)[C@H]2CC1. The third kappa shape index (κ3) is 2.00. The first-order valence-electron chi connectivity index (χ1n) is 8.31. The highest BCUT2D eigenvalue weighted by Crippen LogP contribution is 2.62. The Morgan fingerprint density at radius 1 is 1.21 bits per heavy atom. The smallest absolute Gasteiger partial charge is 0.0487 e. The van der Waals surface area contributed by atoms with E-state index >= 15 is 0 Å². The van der Waals surface area contributed by atoms with E-state index in [1.165, 1.54) is 44.9 Å². The zero-order valence-corrected chi connectivity index (χ0v) is 12.9. The molecule has 1 N–H and O–H groups in total. The number of allylic oxidation sites excluding steroid dienone is 2. The summed E-state index contributed by atoms with van der Waals surface area (Å²) in [4.78, 5) is 0. The minimum Gasteiger partial charge on any atom is -0.396 e. The van der Waals surface area contributed by atoms with E-state index in [0.717, 1.165) is 17.8 Å². The minimum absolute atomic E-state index is 0.182. The van der Waals surface area contributed by atoms with Gasteiger partial charge in [-0.25, -0.2) is 0 Å². The van der Waals surface area contributed by atoms with Crippen LogP contribution in [0.4, 0.5) is 0 Å². The molecule has 0 spiro atoms. The standard InChI is InChI=1S/C18H30O/c1-13-5-7-15-14(11-13)6-8-16-17(2,12-19)9-4-10-18(15,16)3/h11,13,15-16,19H,4-10,12H2,1-3H3/t13?,15-,16-,17-,18+/m0/s1. The van der Waals surface area contributed by atoms with E-state index < -0.39 is 0 Å². The molecule has 1 heteroatoms. The molecule has 0 saturated heterocycles. The summed E-state index contributed by atoms with van der Waals surface area (Å²) in [6.45, 7) is 7.64. The van der Waals surface area contributed by atoms with Crippen molar-refractivity contribution in [2.45, 2.75) is 65.7 Å². The van der Waals surface area contributed by atoms with Crippen LogP contribution in [0.5, 0.6) is 0 Å². The van der Waals surface area contributed by atoms with Gasteiger partial charge in [0, 0.05) is 6.61 Å². The third-order valence-corrected chi connectivity index (χ3v) is 6.84. The quantitative estimate of drug-likeness (QED) is 0.687. The molecule has 2 fully saturated rings. The van der Waals surface area contributed by atoms with Gasteiger partial charge in [-0.1, -0.05) is 38.8 Å². The Morgan fingerprint density at radius 2 is 2.00 bits per heavy atom. The molecule has 1 unspecified atom stereocenters. The normalized spacial score (nSPS) is 50.1. The summed E-state index contributed by atoms with van der Waals surface area (Å²) in [7, 11) is 0. The molecule has 1 nitrogen and oxygen atoms in total. The summed E-state index contributed by atoms with van der Waals surface area (Å²) in [5.74, 6) is 2.34. The first-order valence-corrected chi connectivity index (χ1v) is 8.31. The Kier molecular flexibility index (Phi) is 3.32. The maximum Gasteiger partial charge on any atom is 0.0487 e. The van der Waals surface area contributed by atoms with Crippen LogP contribution in [0, 0.1) is 28.6 Å². The molecule has 3 aliphatic carbocycles. The zero-order chi connectivity index (χ0) is 13.7. The number of rotatable bonds is 1. The molecule has 0 aromatic carbocycles. The Labute approximate surface area is 118 Å². The fourth-order valence-electron chi connectivity index (χ4n) is 5.80. The van der Waals surface area contributed by atoms with Crippen LogP contribution in [0.2, 0.25) is 0 Å². The molecule has 2 saturated carbocycles. The molecule has 0 bridgehead atoms. The van der Waals surface area contributed by atoms with E-state index in [4.69, 9.17) is 0 Å². The summed E-state index contributed by atoms with van der Waals surface area (Å²) in [5, 5.41) is 9.93. The Morgan fingerprint density at radius 3 is 2.74 bits per heavy atom. The van der Waals surface area contributed by atoms with Gasteiger partial charge in [-0.3, -0.25) is 0 Å². The number of aliphatic hydroxyl groups is 1. The predicted molar refractivity (Wildman–Crippen MR) is 79.8 cm³/mol. The van der Waals surface area contributed by atoms with Crippen molar-refractivity contribution in [1.29, 1.82) is 0 Å². The maximum absolute atomic E-state index is 9.93. The molecular weight excluding hydrogens is 232 g/mol. The van der Waals surface area contributed by atoms with Crippen molar-refractivity contribution in [3.63, 3.8) is 0 Å². The highest BCUT2D eigenvalue weighted by atomic mass is 16.3. The molecule has 0 heterocycles. The van der Waals surface area contributed by atoms with Gasteiger partial charge in [-0.15, -0.1) is 0 Å². The van der Waals surface area contributed by atoms with Crippen molar-refractivity contribution in [2.75, 3.05) is 6.61 Å². The summed E-state index contributed by atoms with van der Waals surface area (Å²) in [5.41, 5.74) is 2.40. The van der Waals surface area contributed by atoms with Crippen molar-refractivity contribution in [1.82, 2.24) is 0 Å². The molecule has 3 rings (SSSR count). The molecule has 3 aliphatic rings. The van der Waals surface area contributed by atoms with Gasteiger partial charge >= 0.3 is 0 Å². The fourth-order valence-corrected chi connectivity index (χ4v) is 5.80. The van der Waals surface area contributed by atoms with Crippen molar-refractivity contribution in [2.24, 2.45) is 28.6 Å². The second-order valence-electron chi connectivity index (χ2n) is 8.11. The van der Waals surface area contributed by atoms with E-state index in [0.29, 0.717) is 12.0 Å². The monoisotopic (exact) mass is 262 g/mol. The van der Waals surface area contributed by atoms with Crippen LogP contribution in [-0.2, 0) is 0 Å². The van der Waals surface area contributed by atoms with Gasteiger partial charge in [0.15, 0.2) is 0 Å². The zero-order valence-electron chi connectivity index (χ0n) is 12.9. The highest BCUT2D eigenvalue weighted by molar-refractivity contribution is 5.21. The second kappa shape index (κ2) is 4.62. The van der Waals surface area contributed by atoms with Gasteiger partial charge in [0.25, 0.3) is 0 Å². The lowest BCUT2D eigenvalue weighted by atomic mass is 9.46. The van der Waals surface area contributed by atoms with Crippen molar-refractivity contribution in [3.8, 4) is 0 Å². The largest absolute Gasteiger partial charge is 0.396 e. The average Bonchev–Trinajstić information content (AvgIpc) is 2.38. The lowest BCUT2D eigenvalue weighted by Crippen LogP contribution is -2.52. The third-order valence-electron chi connectivity index (χ3n) is 6.84. The van der Waals surface area contributed by atoms with Crippen LogP contribution in [0.15, 0.2) is 11.6 Å². The van der Waals surface area contributed by atoms with Crippen LogP contribution in [0.3, 0.4) is 0 Å². The Hall–Kier alpha value is -0.300. The van der Waals surface area contributed by atoms with E-state index in [2.05, 4.69) is 26.8 Å². The van der Waals surface area contributed by atoms with Crippen molar-refractivity contribution >= 4 is 0 Å². The average molecular weight is 262 g/mol. The fraction of sp³-hybridized carbons (Fsp3) is 0.889. The summed E-state index contributed by atoms with van der Waals surface area (Å²) in [6.07, 6.45) is 11.9. The van der Waals surface area contributed by atoms with Gasteiger partial charge in [0.05, 0.1) is 0 Å². The molecule has 19 heavy (non-hydrogen) atoms. The molecule has 0 amide bonds. The predicted octanol–water partition coefficient (Wildman–Crippen LogP) is 4.56. The lowest BCUT2D eigenvalue weighted by Gasteiger charge is -2.59. The van der Waals surface area contributed by atoms with Crippen LogP contribution in [0.1, 0.15) is 65.7 Å². The lowest BCUT2D eigenvalue weighted by molar-refractivity contribution is -0.0883. The highest BCUT2D eigenvalue weighted by Gasteiger charge is 2.54. The molecule has 0 aromatic heterocycles. The van der Waals surface area contributed by atoms with E-state index in [1.54, 1.807) is 5.57 Å². The summed E-state index contributed by atoms with van der Waals surface area (Å²) >= 11 is 0. The van der Waals surface area contributed by atoms with Crippen LogP contribution >= 0.6 is 0 Å².